The lowest BCUT2D eigenvalue weighted by atomic mass is 10.1. The highest BCUT2D eigenvalue weighted by atomic mass is 19.1. The lowest BCUT2D eigenvalue weighted by Gasteiger charge is -2.12. The average Bonchev–Trinajstić information content (AvgIpc) is 2.27. The van der Waals surface area contributed by atoms with Crippen LogP contribution in [0.1, 0.15) is 26.5 Å². The molecule has 0 unspecified atom stereocenters. The quantitative estimate of drug-likeness (QED) is 0.881. The molecule has 0 radical (unpaired) electrons. The predicted molar refractivity (Wildman–Crippen MR) is 74.4 cm³/mol. The van der Waals surface area contributed by atoms with Crippen LogP contribution in [-0.4, -0.2) is 11.5 Å². The van der Waals surface area contributed by atoms with Crippen LogP contribution in [-0.2, 0) is 6.42 Å². The highest BCUT2D eigenvalue weighted by Crippen LogP contribution is 2.25. The first-order chi connectivity index (χ1) is 8.60. The molecule has 0 fully saturated rings. The third kappa shape index (κ3) is 2.78. The SMILES string of the molecule is CCNc1cc(CC(C)C)nc2cc(F)ccc12. The number of pyridine rings is 1. The smallest absolute Gasteiger partial charge is 0.125 e. The second-order valence-electron chi connectivity index (χ2n) is 4.95. The Hall–Kier alpha value is -1.64. The molecular weight excluding hydrogens is 227 g/mol. The van der Waals surface area contributed by atoms with Gasteiger partial charge < -0.3 is 5.32 Å². The number of hydrogen-bond donors (Lipinski definition) is 1. The van der Waals surface area contributed by atoms with Crippen molar-refractivity contribution in [2.24, 2.45) is 5.92 Å². The third-order valence-electron chi connectivity index (χ3n) is 2.81. The number of rotatable bonds is 4. The van der Waals surface area contributed by atoms with Crippen molar-refractivity contribution in [1.29, 1.82) is 0 Å². The van der Waals surface area contributed by atoms with Crippen molar-refractivity contribution < 1.29 is 4.39 Å². The van der Waals surface area contributed by atoms with Crippen molar-refractivity contribution in [2.45, 2.75) is 27.2 Å². The Bertz CT molecular complexity index is 549. The third-order valence-corrected chi connectivity index (χ3v) is 2.81. The number of fused-ring (bicyclic) bond motifs is 1. The van der Waals surface area contributed by atoms with Crippen LogP contribution in [0.2, 0.25) is 0 Å². The van der Waals surface area contributed by atoms with E-state index in [1.807, 2.05) is 0 Å². The fraction of sp³-hybridized carbons (Fsp3) is 0.400. The lowest BCUT2D eigenvalue weighted by molar-refractivity contribution is 0.628. The van der Waals surface area contributed by atoms with E-state index < -0.39 is 0 Å². The minimum atomic E-state index is -0.237. The van der Waals surface area contributed by atoms with Crippen molar-refractivity contribution >= 4 is 16.6 Å². The summed E-state index contributed by atoms with van der Waals surface area (Å²) >= 11 is 0. The van der Waals surface area contributed by atoms with Crippen LogP contribution in [0.5, 0.6) is 0 Å². The van der Waals surface area contributed by atoms with Gasteiger partial charge in [0.1, 0.15) is 5.82 Å². The maximum Gasteiger partial charge on any atom is 0.125 e. The van der Waals surface area contributed by atoms with Crippen LogP contribution in [0, 0.1) is 11.7 Å². The van der Waals surface area contributed by atoms with Crippen molar-refractivity contribution in [1.82, 2.24) is 4.98 Å². The molecule has 18 heavy (non-hydrogen) atoms. The normalized spacial score (nSPS) is 11.2. The zero-order valence-corrected chi connectivity index (χ0v) is 11.1. The predicted octanol–water partition coefficient (Wildman–Crippen LogP) is 4.00. The van der Waals surface area contributed by atoms with Gasteiger partial charge >= 0.3 is 0 Å². The molecule has 0 bridgehead atoms. The minimum absolute atomic E-state index is 0.237. The molecule has 0 aliphatic carbocycles. The summed E-state index contributed by atoms with van der Waals surface area (Å²) < 4.78 is 13.3. The van der Waals surface area contributed by atoms with E-state index >= 15 is 0 Å². The molecule has 0 saturated heterocycles. The molecule has 2 aromatic rings. The van der Waals surface area contributed by atoms with Gasteiger partial charge in [0.15, 0.2) is 0 Å². The van der Waals surface area contributed by atoms with Crippen LogP contribution < -0.4 is 5.32 Å². The van der Waals surface area contributed by atoms with Crippen molar-refractivity contribution in [3.8, 4) is 0 Å². The molecule has 0 atom stereocenters. The van der Waals surface area contributed by atoms with Gasteiger partial charge in [0.25, 0.3) is 0 Å². The Morgan fingerprint density at radius 3 is 2.72 bits per heavy atom. The molecule has 0 amide bonds. The number of halogens is 1. The maximum absolute atomic E-state index is 13.3. The Morgan fingerprint density at radius 1 is 1.28 bits per heavy atom. The Labute approximate surface area is 107 Å². The summed E-state index contributed by atoms with van der Waals surface area (Å²) in [6.07, 6.45) is 0.908. The fourth-order valence-electron chi connectivity index (χ4n) is 2.12. The van der Waals surface area contributed by atoms with Crippen molar-refractivity contribution in [2.75, 3.05) is 11.9 Å². The van der Waals surface area contributed by atoms with E-state index in [0.29, 0.717) is 5.92 Å². The van der Waals surface area contributed by atoms with E-state index in [9.17, 15) is 4.39 Å². The number of benzene rings is 1. The molecule has 1 aromatic carbocycles. The van der Waals surface area contributed by atoms with E-state index in [1.54, 1.807) is 6.07 Å². The summed E-state index contributed by atoms with van der Waals surface area (Å²) in [5, 5.41) is 4.30. The molecule has 0 saturated carbocycles. The topological polar surface area (TPSA) is 24.9 Å². The Kier molecular flexibility index (Phi) is 3.80. The summed E-state index contributed by atoms with van der Waals surface area (Å²) in [6.45, 7) is 7.21. The molecule has 0 spiro atoms. The van der Waals surface area contributed by atoms with Gasteiger partial charge in [-0.25, -0.2) is 4.39 Å². The van der Waals surface area contributed by atoms with Gasteiger partial charge in [0.05, 0.1) is 5.52 Å². The molecule has 0 aliphatic rings. The highest BCUT2D eigenvalue weighted by molar-refractivity contribution is 5.91. The van der Waals surface area contributed by atoms with E-state index in [4.69, 9.17) is 0 Å². The van der Waals surface area contributed by atoms with Crippen LogP contribution in [0.15, 0.2) is 24.3 Å². The van der Waals surface area contributed by atoms with Crippen LogP contribution >= 0.6 is 0 Å². The fourth-order valence-corrected chi connectivity index (χ4v) is 2.12. The number of nitrogens with zero attached hydrogens (tertiary/aromatic N) is 1. The van der Waals surface area contributed by atoms with E-state index in [2.05, 4.69) is 37.1 Å². The summed E-state index contributed by atoms with van der Waals surface area (Å²) in [5.74, 6) is 0.303. The molecule has 2 rings (SSSR count). The van der Waals surface area contributed by atoms with Gasteiger partial charge in [0.2, 0.25) is 0 Å². The first kappa shape index (κ1) is 12.8. The average molecular weight is 246 g/mol. The van der Waals surface area contributed by atoms with E-state index in [-0.39, 0.29) is 5.82 Å². The zero-order chi connectivity index (χ0) is 13.1. The molecule has 1 N–H and O–H groups in total. The number of hydrogen-bond acceptors (Lipinski definition) is 2. The van der Waals surface area contributed by atoms with Gasteiger partial charge in [0, 0.05) is 29.4 Å². The maximum atomic E-state index is 13.3. The van der Waals surface area contributed by atoms with Gasteiger partial charge in [-0.05, 0) is 37.5 Å². The molecule has 3 heteroatoms. The van der Waals surface area contributed by atoms with Crippen LogP contribution in [0.3, 0.4) is 0 Å². The monoisotopic (exact) mass is 246 g/mol. The number of aromatic nitrogens is 1. The van der Waals surface area contributed by atoms with E-state index in [1.165, 1.54) is 12.1 Å². The Balaban J connectivity index is 2.55. The summed E-state index contributed by atoms with van der Waals surface area (Å²) in [6, 6.07) is 6.84. The van der Waals surface area contributed by atoms with Crippen molar-refractivity contribution in [3.63, 3.8) is 0 Å². The van der Waals surface area contributed by atoms with Gasteiger partial charge in [-0.2, -0.15) is 0 Å². The molecular formula is C15H19FN2. The van der Waals surface area contributed by atoms with E-state index in [0.717, 1.165) is 35.2 Å². The summed E-state index contributed by atoms with van der Waals surface area (Å²) in [4.78, 5) is 4.54. The zero-order valence-electron chi connectivity index (χ0n) is 11.1. The number of nitrogens with one attached hydrogen (secondary N) is 1. The van der Waals surface area contributed by atoms with Gasteiger partial charge in [-0.1, -0.05) is 13.8 Å². The minimum Gasteiger partial charge on any atom is -0.385 e. The summed E-state index contributed by atoms with van der Waals surface area (Å²) in [5.41, 5.74) is 2.78. The molecule has 2 nitrogen and oxygen atoms in total. The molecule has 0 aliphatic heterocycles. The van der Waals surface area contributed by atoms with Crippen molar-refractivity contribution in [3.05, 3.63) is 35.8 Å². The second kappa shape index (κ2) is 5.34. The first-order valence-electron chi connectivity index (χ1n) is 6.43. The highest BCUT2D eigenvalue weighted by Gasteiger charge is 2.07. The van der Waals surface area contributed by atoms with Crippen LogP contribution in [0.4, 0.5) is 10.1 Å². The van der Waals surface area contributed by atoms with Crippen LogP contribution in [0.25, 0.3) is 10.9 Å². The molecule has 96 valence electrons. The van der Waals surface area contributed by atoms with Gasteiger partial charge in [-0.3, -0.25) is 4.98 Å². The largest absolute Gasteiger partial charge is 0.385 e. The number of anilines is 1. The standard InChI is InChI=1S/C15H19FN2/c1-4-17-14-9-12(7-10(2)3)18-15-8-11(16)5-6-13(14)15/h5-6,8-10H,4,7H2,1-3H3,(H,17,18). The summed E-state index contributed by atoms with van der Waals surface area (Å²) in [7, 11) is 0. The second-order valence-corrected chi connectivity index (χ2v) is 4.95. The first-order valence-corrected chi connectivity index (χ1v) is 6.43. The molecule has 1 heterocycles. The van der Waals surface area contributed by atoms with Gasteiger partial charge in [-0.15, -0.1) is 0 Å². The Morgan fingerprint density at radius 2 is 2.06 bits per heavy atom. The lowest BCUT2D eigenvalue weighted by Crippen LogP contribution is -2.03. The molecule has 1 aromatic heterocycles.